The number of tetrazole rings is 1. The molecule has 2 heterocycles. The molecule has 6 rings (SSSR count). The van der Waals surface area contributed by atoms with Gasteiger partial charge in [-0.15, -0.1) is 5.10 Å². The summed E-state index contributed by atoms with van der Waals surface area (Å²) in [6.07, 6.45) is 0. The van der Waals surface area contributed by atoms with Gasteiger partial charge in [0.05, 0.1) is 16.5 Å². The Labute approximate surface area is 207 Å². The van der Waals surface area contributed by atoms with Crippen molar-refractivity contribution < 1.29 is 4.68 Å². The summed E-state index contributed by atoms with van der Waals surface area (Å²) >= 11 is 0. The van der Waals surface area contributed by atoms with Crippen molar-refractivity contribution in [1.82, 2.24) is 20.6 Å². The fourth-order valence-electron chi connectivity index (χ4n) is 3.57. The first-order valence-electron chi connectivity index (χ1n) is 11.3. The molecule has 0 N–H and O–H groups in total. The first-order valence-corrected chi connectivity index (χ1v) is 11.3. The summed E-state index contributed by atoms with van der Waals surface area (Å²) in [7, 11) is 0. The Hall–Kier alpha value is -5.22. The van der Waals surface area contributed by atoms with Crippen LogP contribution < -0.4 is 20.3 Å². The Bertz CT molecular complexity index is 1500. The number of hydrazone groups is 1. The van der Waals surface area contributed by atoms with Crippen LogP contribution in [0.4, 0.5) is 17.3 Å². The zero-order valence-electron chi connectivity index (χ0n) is 19.0. The monoisotopic (exact) mass is 474 g/mol. The highest BCUT2D eigenvalue weighted by molar-refractivity contribution is 5.98. The molecular formula is C26H20N10+. The molecule has 1 aromatic heterocycles. The number of benzene rings is 4. The van der Waals surface area contributed by atoms with Crippen LogP contribution in [0.5, 0.6) is 0 Å². The van der Waals surface area contributed by atoms with Crippen molar-refractivity contribution in [2.24, 2.45) is 15.3 Å². The van der Waals surface area contributed by atoms with E-state index in [9.17, 15) is 0 Å². The smallest absolute Gasteiger partial charge is 0.200 e. The minimum Gasteiger partial charge on any atom is -0.200 e. The van der Waals surface area contributed by atoms with Crippen molar-refractivity contribution in [3.63, 3.8) is 0 Å². The van der Waals surface area contributed by atoms with Gasteiger partial charge in [0.15, 0.2) is 0 Å². The van der Waals surface area contributed by atoms with Crippen molar-refractivity contribution in [3.05, 3.63) is 121 Å². The molecule has 0 unspecified atom stereocenters. The maximum atomic E-state index is 4.62. The molecule has 0 spiro atoms. The number of hydrogen-bond donors (Lipinski definition) is 0. The molecule has 0 bridgehead atoms. The zero-order chi connectivity index (χ0) is 24.2. The quantitative estimate of drug-likeness (QED) is 0.215. The van der Waals surface area contributed by atoms with E-state index in [2.05, 4.69) is 31.2 Å². The van der Waals surface area contributed by atoms with Gasteiger partial charge in [0.25, 0.3) is 5.96 Å². The third-order valence-corrected chi connectivity index (χ3v) is 5.30. The minimum absolute atomic E-state index is 0.291. The number of anilines is 2. The van der Waals surface area contributed by atoms with Crippen molar-refractivity contribution in [1.29, 1.82) is 0 Å². The van der Waals surface area contributed by atoms with Crippen molar-refractivity contribution in [2.75, 3.05) is 10.1 Å². The average molecular weight is 475 g/mol. The van der Waals surface area contributed by atoms with Crippen molar-refractivity contribution >= 4 is 23.3 Å². The summed E-state index contributed by atoms with van der Waals surface area (Å²) < 4.78 is 1.63. The summed E-state index contributed by atoms with van der Waals surface area (Å²) in [6.45, 7) is 0. The number of azo groups is 1. The predicted molar refractivity (Wildman–Crippen MR) is 135 cm³/mol. The maximum Gasteiger partial charge on any atom is 0.461 e. The summed E-state index contributed by atoms with van der Waals surface area (Å²) in [4.78, 5) is 1.52. The number of guanidine groups is 1. The largest absolute Gasteiger partial charge is 0.461 e. The van der Waals surface area contributed by atoms with E-state index in [0.717, 1.165) is 22.7 Å². The lowest BCUT2D eigenvalue weighted by molar-refractivity contribution is -0.649. The third-order valence-electron chi connectivity index (χ3n) is 5.30. The third kappa shape index (κ3) is 4.31. The highest BCUT2D eigenvalue weighted by Gasteiger charge is 2.29. The SMILES string of the molecule is c1ccc(N2N=C(/N=N/c3nn(-c4ccccc4)[15n][n+]3-c3ccccc3)N(c3ccccc3)[15N]2)cc1. The molecular weight excluding hydrogens is 454 g/mol. The second-order valence-corrected chi connectivity index (χ2v) is 7.72. The van der Waals surface area contributed by atoms with Crippen LogP contribution in [0.2, 0.25) is 0 Å². The molecule has 1 radical (unpaired) electrons. The number of para-hydroxylation sites is 4. The predicted octanol–water partition coefficient (Wildman–Crippen LogP) is 4.36. The Morgan fingerprint density at radius 2 is 1.14 bits per heavy atom. The lowest BCUT2D eigenvalue weighted by atomic mass is 10.3. The molecule has 0 amide bonds. The van der Waals surface area contributed by atoms with Crippen molar-refractivity contribution in [2.45, 2.75) is 0 Å². The number of nitrogens with zero attached hydrogens (tertiary/aromatic N) is 10. The van der Waals surface area contributed by atoms with Crippen LogP contribution in [0.1, 0.15) is 0 Å². The number of hydrogen-bond acceptors (Lipinski definition) is 7. The van der Waals surface area contributed by atoms with E-state index in [4.69, 9.17) is 0 Å². The zero-order valence-corrected chi connectivity index (χ0v) is 19.0. The van der Waals surface area contributed by atoms with Crippen LogP contribution in [0.15, 0.2) is 137 Å². The van der Waals surface area contributed by atoms with E-state index in [-0.39, 0.29) is 0 Å². The lowest BCUT2D eigenvalue weighted by Gasteiger charge is -2.16. The molecule has 36 heavy (non-hydrogen) atoms. The summed E-state index contributed by atoms with van der Waals surface area (Å²) in [5.41, 5.74) is 7.83. The van der Waals surface area contributed by atoms with Gasteiger partial charge in [0.2, 0.25) is 0 Å². The number of rotatable bonds is 5. The van der Waals surface area contributed by atoms with Gasteiger partial charge in [0.1, 0.15) is 11.4 Å². The second-order valence-electron chi connectivity index (χ2n) is 7.72. The minimum atomic E-state index is 0.291. The summed E-state index contributed by atoms with van der Waals surface area (Å²) in [5, 5.41) is 25.8. The van der Waals surface area contributed by atoms with Gasteiger partial charge in [-0.05, 0) is 58.4 Å². The van der Waals surface area contributed by atoms with E-state index in [0.29, 0.717) is 11.9 Å². The molecule has 1 aliphatic heterocycles. The summed E-state index contributed by atoms with van der Waals surface area (Å²) in [5.74, 6) is 0.581. The van der Waals surface area contributed by atoms with Gasteiger partial charge in [0, 0.05) is 15.9 Å². The molecule has 0 aliphatic carbocycles. The van der Waals surface area contributed by atoms with Crippen LogP contribution in [-0.4, -0.2) is 21.1 Å². The van der Waals surface area contributed by atoms with Crippen LogP contribution in [0, 0.1) is 0 Å². The Balaban J connectivity index is 1.40. The molecule has 10 heteroatoms. The molecule has 5 aromatic rings. The molecule has 0 saturated carbocycles. The van der Waals surface area contributed by atoms with E-state index >= 15 is 0 Å². The molecule has 4 aromatic carbocycles. The Morgan fingerprint density at radius 3 is 1.78 bits per heavy atom. The van der Waals surface area contributed by atoms with Gasteiger partial charge in [-0.1, -0.05) is 77.5 Å². The van der Waals surface area contributed by atoms with Gasteiger partial charge < -0.3 is 0 Å². The molecule has 173 valence electrons. The van der Waals surface area contributed by atoms with Gasteiger partial charge in [-0.25, -0.2) is 0 Å². The van der Waals surface area contributed by atoms with Crippen molar-refractivity contribution in [3.8, 4) is 11.4 Å². The van der Waals surface area contributed by atoms with Crippen LogP contribution in [0.3, 0.4) is 0 Å². The van der Waals surface area contributed by atoms with E-state index in [1.807, 2.05) is 121 Å². The molecule has 0 saturated heterocycles. The van der Waals surface area contributed by atoms with Crippen LogP contribution in [-0.2, 0) is 0 Å². The fourth-order valence-corrected chi connectivity index (χ4v) is 3.57. The van der Waals surface area contributed by atoms with Gasteiger partial charge >= 0.3 is 5.95 Å². The molecule has 0 fully saturated rings. The standard InChI is InChI=1S/C26H20N10/c1-5-13-21(14-6-1)33-25(29-35(31-33)23-17-9-3-10-18-23)27-28-26-30-36(24-19-11-4-12-20-24)32-34(26)22-15-7-2-8-16-22/h1-20H/q+1/b28-27+/i31+1,32+1. The van der Waals surface area contributed by atoms with E-state index in [1.54, 1.807) is 9.69 Å². The number of aromatic nitrogens is 4. The van der Waals surface area contributed by atoms with Gasteiger partial charge in [-0.2, -0.15) is 10.1 Å². The second kappa shape index (κ2) is 9.57. The molecule has 10 nitrogen and oxygen atoms in total. The Morgan fingerprint density at radius 1 is 0.583 bits per heavy atom. The van der Waals surface area contributed by atoms with Gasteiger partial charge in [-0.3, -0.25) is 0 Å². The highest BCUT2D eigenvalue weighted by atomic mass is 16.3. The molecule has 1 aliphatic rings. The lowest BCUT2D eigenvalue weighted by Crippen LogP contribution is -2.36. The average Bonchev–Trinajstić information content (AvgIpc) is 3.59. The van der Waals surface area contributed by atoms with Crippen LogP contribution >= 0.6 is 0 Å². The normalized spacial score (nSPS) is 13.4. The Kier molecular flexibility index (Phi) is 5.67. The maximum absolute atomic E-state index is 4.62. The summed E-state index contributed by atoms with van der Waals surface area (Å²) in [6, 6.07) is 38.6. The first kappa shape index (κ1) is 21.3. The van der Waals surface area contributed by atoms with Crippen LogP contribution in [0.25, 0.3) is 11.4 Å². The topological polar surface area (TPSA) is 92.2 Å². The van der Waals surface area contributed by atoms with E-state index in [1.165, 1.54) is 9.91 Å². The molecule has 0 atom stereocenters. The highest BCUT2D eigenvalue weighted by Crippen LogP contribution is 2.23. The fraction of sp³-hybridized carbons (Fsp3) is 0. The first-order chi connectivity index (χ1) is 17.8. The van der Waals surface area contributed by atoms with E-state index < -0.39 is 0 Å².